The van der Waals surface area contributed by atoms with Gasteiger partial charge < -0.3 is 15.0 Å². The number of methoxy groups -OCH3 is 1. The summed E-state index contributed by atoms with van der Waals surface area (Å²) in [7, 11) is 1.66. The second-order valence-electron chi connectivity index (χ2n) is 6.79. The first-order valence-electron chi connectivity index (χ1n) is 9.10. The van der Waals surface area contributed by atoms with Crippen LogP contribution in [0.3, 0.4) is 0 Å². The normalized spacial score (nSPS) is 22.2. The zero-order valence-corrected chi connectivity index (χ0v) is 14.9. The van der Waals surface area contributed by atoms with Gasteiger partial charge in [0.1, 0.15) is 5.75 Å². The predicted molar refractivity (Wildman–Crippen MR) is 95.4 cm³/mol. The van der Waals surface area contributed by atoms with Crippen molar-refractivity contribution in [2.45, 2.75) is 31.7 Å². The molecule has 6 heteroatoms. The van der Waals surface area contributed by atoms with Crippen LogP contribution in [-0.4, -0.2) is 61.4 Å². The summed E-state index contributed by atoms with van der Waals surface area (Å²) in [6.07, 6.45) is 4.31. The molecule has 1 aromatic carbocycles. The van der Waals surface area contributed by atoms with Crippen molar-refractivity contribution < 1.29 is 14.3 Å². The van der Waals surface area contributed by atoms with E-state index in [2.05, 4.69) is 17.4 Å². The highest BCUT2D eigenvalue weighted by atomic mass is 16.5. The van der Waals surface area contributed by atoms with Gasteiger partial charge in [-0.2, -0.15) is 0 Å². The molecule has 0 radical (unpaired) electrons. The number of hydrogen-bond acceptors (Lipinski definition) is 4. The second-order valence-corrected chi connectivity index (χ2v) is 6.79. The largest absolute Gasteiger partial charge is 0.497 e. The Labute approximate surface area is 149 Å². The Balaban J connectivity index is 1.72. The summed E-state index contributed by atoms with van der Waals surface area (Å²) in [4.78, 5) is 28.5. The van der Waals surface area contributed by atoms with Gasteiger partial charge in [-0.1, -0.05) is 25.0 Å². The number of piperazine rings is 1. The fourth-order valence-electron chi connectivity index (χ4n) is 3.69. The van der Waals surface area contributed by atoms with Crippen molar-refractivity contribution in [2.24, 2.45) is 0 Å². The van der Waals surface area contributed by atoms with Crippen LogP contribution in [0.5, 0.6) is 5.75 Å². The third kappa shape index (κ3) is 4.51. The molecule has 6 nitrogen and oxygen atoms in total. The zero-order chi connectivity index (χ0) is 17.6. The second kappa shape index (κ2) is 8.34. The third-order valence-electron chi connectivity index (χ3n) is 5.05. The lowest BCUT2D eigenvalue weighted by Gasteiger charge is -2.33. The lowest BCUT2D eigenvalue weighted by molar-refractivity contribution is -0.136. The quantitative estimate of drug-likeness (QED) is 0.900. The average molecular weight is 345 g/mol. The minimum atomic E-state index is 0.00150. The van der Waals surface area contributed by atoms with Crippen LogP contribution in [0.1, 0.15) is 37.3 Å². The summed E-state index contributed by atoms with van der Waals surface area (Å²) < 4.78 is 5.24. The summed E-state index contributed by atoms with van der Waals surface area (Å²) >= 11 is 0. The Bertz CT molecular complexity index is 602. The van der Waals surface area contributed by atoms with Gasteiger partial charge in [0.05, 0.1) is 26.2 Å². The average Bonchev–Trinajstić information content (AvgIpc) is 2.88. The lowest BCUT2D eigenvalue weighted by atomic mass is 10.0. The molecule has 2 saturated heterocycles. The molecule has 1 atom stereocenters. The predicted octanol–water partition coefficient (Wildman–Crippen LogP) is 1.57. The Morgan fingerprint density at radius 2 is 2.00 bits per heavy atom. The van der Waals surface area contributed by atoms with Crippen LogP contribution in [0.2, 0.25) is 0 Å². The number of carbonyl (C=O) groups is 2. The third-order valence-corrected chi connectivity index (χ3v) is 5.05. The van der Waals surface area contributed by atoms with E-state index in [4.69, 9.17) is 4.74 Å². The lowest BCUT2D eigenvalue weighted by Crippen LogP contribution is -2.51. The van der Waals surface area contributed by atoms with Crippen LogP contribution in [0.15, 0.2) is 24.3 Å². The first kappa shape index (κ1) is 17.7. The Kier molecular flexibility index (Phi) is 5.91. The van der Waals surface area contributed by atoms with Gasteiger partial charge >= 0.3 is 0 Å². The number of nitrogens with one attached hydrogen (secondary N) is 1. The number of rotatable bonds is 4. The monoisotopic (exact) mass is 345 g/mol. The van der Waals surface area contributed by atoms with Crippen molar-refractivity contribution >= 4 is 11.8 Å². The van der Waals surface area contributed by atoms with Gasteiger partial charge in [-0.05, 0) is 30.5 Å². The van der Waals surface area contributed by atoms with Gasteiger partial charge in [-0.25, -0.2) is 0 Å². The molecule has 2 fully saturated rings. The van der Waals surface area contributed by atoms with Gasteiger partial charge in [0.15, 0.2) is 0 Å². The van der Waals surface area contributed by atoms with Crippen LogP contribution < -0.4 is 10.1 Å². The highest BCUT2D eigenvalue weighted by Crippen LogP contribution is 2.31. The van der Waals surface area contributed by atoms with Crippen molar-refractivity contribution in [3.05, 3.63) is 29.8 Å². The summed E-state index contributed by atoms with van der Waals surface area (Å²) in [5.74, 6) is 0.952. The van der Waals surface area contributed by atoms with E-state index in [0.717, 1.165) is 50.1 Å². The Hall–Kier alpha value is -2.08. The summed E-state index contributed by atoms with van der Waals surface area (Å²) in [6.45, 7) is 2.77. The highest BCUT2D eigenvalue weighted by molar-refractivity contribution is 5.82. The van der Waals surface area contributed by atoms with E-state index in [1.54, 1.807) is 7.11 Å². The smallest absolute Gasteiger partial charge is 0.237 e. The molecule has 0 unspecified atom stereocenters. The maximum absolute atomic E-state index is 13.0. The van der Waals surface area contributed by atoms with Crippen LogP contribution in [0.4, 0.5) is 0 Å². The van der Waals surface area contributed by atoms with E-state index < -0.39 is 0 Å². The van der Waals surface area contributed by atoms with Crippen LogP contribution in [0, 0.1) is 0 Å². The molecule has 0 aromatic heterocycles. The molecule has 1 N–H and O–H groups in total. The maximum Gasteiger partial charge on any atom is 0.237 e. The standard InChI is InChI=1S/C19H27N3O3/c1-25-16-8-6-15(7-9-16)17-5-3-2-4-11-22(17)19(24)14-21-12-10-20-18(23)13-21/h6-9,17H,2-5,10-14H2,1H3,(H,20,23)/t17-/m1/s1. The molecule has 0 aliphatic carbocycles. The van der Waals surface area contributed by atoms with Gasteiger partial charge in [0.25, 0.3) is 0 Å². The molecule has 2 aliphatic heterocycles. The molecule has 3 rings (SSSR count). The van der Waals surface area contributed by atoms with Crippen LogP contribution in [-0.2, 0) is 9.59 Å². The summed E-state index contributed by atoms with van der Waals surface area (Å²) in [5, 5.41) is 2.80. The van der Waals surface area contributed by atoms with Gasteiger partial charge in [0, 0.05) is 19.6 Å². The molecule has 0 bridgehead atoms. The fraction of sp³-hybridized carbons (Fsp3) is 0.579. The molecule has 2 heterocycles. The molecular formula is C19H27N3O3. The Morgan fingerprint density at radius 3 is 2.72 bits per heavy atom. The Morgan fingerprint density at radius 1 is 1.20 bits per heavy atom. The van der Waals surface area contributed by atoms with Gasteiger partial charge in [0.2, 0.25) is 11.8 Å². The van der Waals surface area contributed by atoms with Crippen LogP contribution in [0.25, 0.3) is 0 Å². The SMILES string of the molecule is COc1ccc([C@H]2CCCCCN2C(=O)CN2CCNC(=O)C2)cc1. The molecular weight excluding hydrogens is 318 g/mol. The number of hydrogen-bond donors (Lipinski definition) is 1. The van der Waals surface area contributed by atoms with E-state index in [9.17, 15) is 9.59 Å². The topological polar surface area (TPSA) is 61.9 Å². The molecule has 0 spiro atoms. The van der Waals surface area contributed by atoms with E-state index in [1.165, 1.54) is 0 Å². The van der Waals surface area contributed by atoms with Crippen molar-refractivity contribution in [1.82, 2.24) is 15.1 Å². The minimum absolute atomic E-state index is 0.00150. The summed E-state index contributed by atoms with van der Waals surface area (Å²) in [5.41, 5.74) is 1.16. The first-order chi connectivity index (χ1) is 12.2. The van der Waals surface area contributed by atoms with Crippen LogP contribution >= 0.6 is 0 Å². The van der Waals surface area contributed by atoms with E-state index in [1.807, 2.05) is 21.9 Å². The minimum Gasteiger partial charge on any atom is -0.497 e. The number of benzene rings is 1. The molecule has 2 amide bonds. The van der Waals surface area contributed by atoms with E-state index in [-0.39, 0.29) is 17.9 Å². The summed E-state index contributed by atoms with van der Waals surface area (Å²) in [6, 6.07) is 8.14. The van der Waals surface area contributed by atoms with E-state index in [0.29, 0.717) is 19.6 Å². The van der Waals surface area contributed by atoms with Crippen molar-refractivity contribution in [1.29, 1.82) is 0 Å². The number of amides is 2. The van der Waals surface area contributed by atoms with Crippen molar-refractivity contribution in [3.8, 4) is 5.75 Å². The van der Waals surface area contributed by atoms with Gasteiger partial charge in [-0.3, -0.25) is 14.5 Å². The maximum atomic E-state index is 13.0. The van der Waals surface area contributed by atoms with Gasteiger partial charge in [-0.15, -0.1) is 0 Å². The van der Waals surface area contributed by atoms with Crippen molar-refractivity contribution in [2.75, 3.05) is 39.8 Å². The highest BCUT2D eigenvalue weighted by Gasteiger charge is 2.29. The molecule has 0 saturated carbocycles. The fourth-order valence-corrected chi connectivity index (χ4v) is 3.69. The molecule has 1 aromatic rings. The number of ether oxygens (including phenoxy) is 1. The number of carbonyl (C=O) groups excluding carboxylic acids is 2. The molecule has 25 heavy (non-hydrogen) atoms. The molecule has 136 valence electrons. The molecule has 2 aliphatic rings. The van der Waals surface area contributed by atoms with E-state index >= 15 is 0 Å². The van der Waals surface area contributed by atoms with Crippen molar-refractivity contribution in [3.63, 3.8) is 0 Å². The first-order valence-corrected chi connectivity index (χ1v) is 9.10. The number of nitrogens with zero attached hydrogens (tertiary/aromatic N) is 2. The number of likely N-dealkylation sites (tertiary alicyclic amines) is 1. The zero-order valence-electron chi connectivity index (χ0n) is 14.9.